The number of carbonyl (C=O) groups excluding carboxylic acids is 1. The van der Waals surface area contributed by atoms with Crippen LogP contribution in [0.3, 0.4) is 0 Å². The standard InChI is InChI=1S/C12H14Cl2N2O3/c1-3-12(4-2,11(18)19)16-10(17)9-7(13)5-6-8(14)15-9/h5-6H,3-4H2,1-2H3,(H,16,17)(H,18,19). The van der Waals surface area contributed by atoms with E-state index in [0.717, 1.165) is 0 Å². The number of carboxylic acids is 1. The Hall–Kier alpha value is -1.33. The molecule has 0 aliphatic heterocycles. The van der Waals surface area contributed by atoms with E-state index in [9.17, 15) is 14.7 Å². The van der Waals surface area contributed by atoms with Crippen LogP contribution in [0.25, 0.3) is 0 Å². The van der Waals surface area contributed by atoms with Gasteiger partial charge >= 0.3 is 5.97 Å². The fourth-order valence-electron chi connectivity index (χ4n) is 1.64. The number of hydrogen-bond acceptors (Lipinski definition) is 3. The van der Waals surface area contributed by atoms with Gasteiger partial charge in [0.1, 0.15) is 16.4 Å². The molecule has 0 atom stereocenters. The third-order valence-corrected chi connectivity index (χ3v) is 3.51. The summed E-state index contributed by atoms with van der Waals surface area (Å²) in [7, 11) is 0. The van der Waals surface area contributed by atoms with Crippen LogP contribution in [0.4, 0.5) is 0 Å². The predicted octanol–water partition coefficient (Wildman–Crippen LogP) is 2.76. The third kappa shape index (κ3) is 3.36. The van der Waals surface area contributed by atoms with Gasteiger partial charge in [-0.2, -0.15) is 0 Å². The summed E-state index contributed by atoms with van der Waals surface area (Å²) in [5, 5.41) is 12.0. The Kier molecular flexibility index (Phi) is 5.14. The highest BCUT2D eigenvalue weighted by Gasteiger charge is 2.37. The molecule has 0 aliphatic rings. The number of carboxylic acid groups (broad SMARTS) is 1. The number of aliphatic carboxylic acids is 1. The molecule has 1 heterocycles. The Balaban J connectivity index is 3.07. The minimum absolute atomic E-state index is 0.0818. The number of nitrogens with zero attached hydrogens (tertiary/aromatic N) is 1. The summed E-state index contributed by atoms with van der Waals surface area (Å²) in [6.07, 6.45) is 0.505. The number of rotatable bonds is 5. The number of hydrogen-bond donors (Lipinski definition) is 2. The fourth-order valence-corrected chi connectivity index (χ4v) is 1.98. The highest BCUT2D eigenvalue weighted by atomic mass is 35.5. The van der Waals surface area contributed by atoms with Crippen molar-refractivity contribution in [2.75, 3.05) is 0 Å². The van der Waals surface area contributed by atoms with Crippen LogP contribution in [0.2, 0.25) is 10.2 Å². The van der Waals surface area contributed by atoms with Crippen molar-refractivity contribution >= 4 is 35.1 Å². The number of pyridine rings is 1. The van der Waals surface area contributed by atoms with E-state index in [1.54, 1.807) is 13.8 Å². The second-order valence-electron chi connectivity index (χ2n) is 4.01. The first kappa shape index (κ1) is 15.7. The van der Waals surface area contributed by atoms with Gasteiger partial charge < -0.3 is 10.4 Å². The zero-order valence-corrected chi connectivity index (χ0v) is 12.0. The molecule has 104 valence electrons. The van der Waals surface area contributed by atoms with Crippen LogP contribution in [0, 0.1) is 0 Å². The van der Waals surface area contributed by atoms with E-state index in [0.29, 0.717) is 0 Å². The number of aromatic nitrogens is 1. The molecule has 1 rings (SSSR count). The van der Waals surface area contributed by atoms with Crippen molar-refractivity contribution < 1.29 is 14.7 Å². The first-order valence-electron chi connectivity index (χ1n) is 5.74. The summed E-state index contributed by atoms with van der Waals surface area (Å²) < 4.78 is 0. The summed E-state index contributed by atoms with van der Waals surface area (Å²) >= 11 is 11.6. The predicted molar refractivity (Wildman–Crippen MR) is 72.7 cm³/mol. The van der Waals surface area contributed by atoms with Crippen molar-refractivity contribution in [3.63, 3.8) is 0 Å². The lowest BCUT2D eigenvalue weighted by Crippen LogP contribution is -2.53. The molecule has 1 aromatic heterocycles. The quantitative estimate of drug-likeness (QED) is 0.820. The lowest BCUT2D eigenvalue weighted by molar-refractivity contribution is -0.144. The van der Waals surface area contributed by atoms with Crippen molar-refractivity contribution in [3.05, 3.63) is 28.0 Å². The minimum Gasteiger partial charge on any atom is -0.480 e. The lowest BCUT2D eigenvalue weighted by atomic mass is 9.93. The van der Waals surface area contributed by atoms with Gasteiger partial charge in [0.2, 0.25) is 0 Å². The first-order valence-corrected chi connectivity index (χ1v) is 6.49. The smallest absolute Gasteiger partial charge is 0.329 e. The summed E-state index contributed by atoms with van der Waals surface area (Å²) in [5.41, 5.74) is -1.41. The third-order valence-electron chi connectivity index (χ3n) is 3.00. The molecule has 2 N–H and O–H groups in total. The monoisotopic (exact) mass is 304 g/mol. The van der Waals surface area contributed by atoms with Crippen molar-refractivity contribution in [2.45, 2.75) is 32.2 Å². The van der Waals surface area contributed by atoms with Crippen LogP contribution in [0.5, 0.6) is 0 Å². The molecular weight excluding hydrogens is 291 g/mol. The molecule has 0 spiro atoms. The van der Waals surface area contributed by atoms with E-state index in [4.69, 9.17) is 23.2 Å². The maximum absolute atomic E-state index is 12.1. The number of carbonyl (C=O) groups is 2. The number of amides is 1. The van der Waals surface area contributed by atoms with Gasteiger partial charge in [-0.25, -0.2) is 9.78 Å². The average molecular weight is 305 g/mol. The van der Waals surface area contributed by atoms with E-state index in [1.165, 1.54) is 12.1 Å². The van der Waals surface area contributed by atoms with Crippen LogP contribution in [-0.4, -0.2) is 27.5 Å². The van der Waals surface area contributed by atoms with E-state index >= 15 is 0 Å². The molecule has 5 nitrogen and oxygen atoms in total. The molecule has 19 heavy (non-hydrogen) atoms. The van der Waals surface area contributed by atoms with Crippen LogP contribution in [0.15, 0.2) is 12.1 Å². The van der Waals surface area contributed by atoms with Crippen LogP contribution >= 0.6 is 23.2 Å². The Morgan fingerprint density at radius 1 is 1.32 bits per heavy atom. The molecule has 0 aliphatic carbocycles. The van der Waals surface area contributed by atoms with E-state index in [2.05, 4.69) is 10.3 Å². The highest BCUT2D eigenvalue weighted by Crippen LogP contribution is 2.20. The van der Waals surface area contributed by atoms with Crippen LogP contribution in [0.1, 0.15) is 37.2 Å². The largest absolute Gasteiger partial charge is 0.480 e. The van der Waals surface area contributed by atoms with Crippen molar-refractivity contribution in [1.29, 1.82) is 0 Å². The maximum Gasteiger partial charge on any atom is 0.329 e. The first-order chi connectivity index (χ1) is 8.86. The molecule has 7 heteroatoms. The zero-order valence-electron chi connectivity index (χ0n) is 10.5. The van der Waals surface area contributed by atoms with Gasteiger partial charge in [-0.05, 0) is 25.0 Å². The van der Waals surface area contributed by atoms with Gasteiger partial charge in [0, 0.05) is 0 Å². The van der Waals surface area contributed by atoms with Gasteiger partial charge in [-0.15, -0.1) is 0 Å². The summed E-state index contributed by atoms with van der Waals surface area (Å²) in [6.45, 7) is 3.37. The average Bonchev–Trinajstić information content (AvgIpc) is 2.38. The normalized spacial score (nSPS) is 11.2. The maximum atomic E-state index is 12.1. The second-order valence-corrected chi connectivity index (χ2v) is 4.81. The van der Waals surface area contributed by atoms with Crippen LogP contribution in [-0.2, 0) is 4.79 Å². The van der Waals surface area contributed by atoms with Gasteiger partial charge in [-0.3, -0.25) is 4.79 Å². The van der Waals surface area contributed by atoms with Gasteiger partial charge in [0.05, 0.1) is 5.02 Å². The Labute approximate surface area is 120 Å². The van der Waals surface area contributed by atoms with E-state index < -0.39 is 17.4 Å². The molecule has 0 aromatic carbocycles. The van der Waals surface area contributed by atoms with E-state index in [1.807, 2.05) is 0 Å². The van der Waals surface area contributed by atoms with Crippen LogP contribution < -0.4 is 5.32 Å². The van der Waals surface area contributed by atoms with E-state index in [-0.39, 0.29) is 28.7 Å². The molecular formula is C12H14Cl2N2O3. The summed E-state index contributed by atoms with van der Waals surface area (Å²) in [5.74, 6) is -1.75. The summed E-state index contributed by atoms with van der Waals surface area (Å²) in [4.78, 5) is 27.2. The molecule has 1 amide bonds. The molecule has 0 saturated heterocycles. The van der Waals surface area contributed by atoms with Crippen molar-refractivity contribution in [2.24, 2.45) is 0 Å². The molecule has 0 unspecified atom stereocenters. The fraction of sp³-hybridized carbons (Fsp3) is 0.417. The summed E-state index contributed by atoms with van der Waals surface area (Å²) in [6, 6.07) is 2.89. The number of nitrogens with one attached hydrogen (secondary N) is 1. The molecule has 0 fully saturated rings. The molecule has 0 bridgehead atoms. The lowest BCUT2D eigenvalue weighted by Gasteiger charge is -2.27. The minimum atomic E-state index is -1.33. The van der Waals surface area contributed by atoms with Gasteiger partial charge in [0.15, 0.2) is 0 Å². The van der Waals surface area contributed by atoms with Crippen molar-refractivity contribution in [1.82, 2.24) is 10.3 Å². The van der Waals surface area contributed by atoms with Gasteiger partial charge in [0.25, 0.3) is 5.91 Å². The SMILES string of the molecule is CCC(CC)(NC(=O)c1nc(Cl)ccc1Cl)C(=O)O. The number of halogens is 2. The Morgan fingerprint density at radius 3 is 2.37 bits per heavy atom. The molecule has 1 aromatic rings. The molecule has 0 radical (unpaired) electrons. The second kappa shape index (κ2) is 6.21. The topological polar surface area (TPSA) is 79.3 Å². The Bertz CT molecular complexity index is 502. The van der Waals surface area contributed by atoms with Gasteiger partial charge in [-0.1, -0.05) is 37.0 Å². The molecule has 0 saturated carbocycles. The Morgan fingerprint density at radius 2 is 1.89 bits per heavy atom. The highest BCUT2D eigenvalue weighted by molar-refractivity contribution is 6.34. The zero-order chi connectivity index (χ0) is 14.6. The van der Waals surface area contributed by atoms with Crippen molar-refractivity contribution in [3.8, 4) is 0 Å².